The number of ether oxygens (including phenoxy) is 1. The van der Waals surface area contributed by atoms with E-state index in [0.717, 1.165) is 12.8 Å². The number of carbonyl (C=O) groups is 1. The summed E-state index contributed by atoms with van der Waals surface area (Å²) in [6.07, 6.45) is 3.50. The molecule has 4 nitrogen and oxygen atoms in total. The molecule has 0 spiro atoms. The molecule has 2 N–H and O–H groups in total. The van der Waals surface area contributed by atoms with Crippen molar-refractivity contribution in [3.05, 3.63) is 12.7 Å². The van der Waals surface area contributed by atoms with Crippen molar-refractivity contribution in [1.29, 1.82) is 0 Å². The fraction of sp³-hybridized carbons (Fsp3) is 0.750. The smallest absolute Gasteiger partial charge is 0.315 e. The molecular formula is C12H24N2O2. The molecule has 2 amide bonds. The average Bonchev–Trinajstić information content (AvgIpc) is 2.26. The van der Waals surface area contributed by atoms with Crippen LogP contribution in [0.3, 0.4) is 0 Å². The second kappa shape index (κ2) is 7.28. The van der Waals surface area contributed by atoms with E-state index in [1.807, 2.05) is 26.8 Å². The molecule has 0 saturated carbocycles. The summed E-state index contributed by atoms with van der Waals surface area (Å²) in [5, 5.41) is 5.68. The molecule has 1 unspecified atom stereocenters. The third-order valence-electron chi connectivity index (χ3n) is 2.51. The van der Waals surface area contributed by atoms with Crippen molar-refractivity contribution in [2.45, 2.75) is 45.3 Å². The molecule has 4 heteroatoms. The van der Waals surface area contributed by atoms with E-state index in [9.17, 15) is 4.79 Å². The molecule has 16 heavy (non-hydrogen) atoms. The van der Waals surface area contributed by atoms with Crippen LogP contribution in [0.2, 0.25) is 0 Å². The number of carbonyl (C=O) groups excluding carboxylic acids is 1. The van der Waals surface area contributed by atoms with Crippen LogP contribution >= 0.6 is 0 Å². The number of nitrogens with one attached hydrogen (secondary N) is 2. The minimum atomic E-state index is -0.336. The van der Waals surface area contributed by atoms with Crippen LogP contribution in [0.15, 0.2) is 12.7 Å². The number of hydrogen-bond acceptors (Lipinski definition) is 2. The predicted octanol–water partition coefficient (Wildman–Crippen LogP) is 2.07. The molecule has 0 heterocycles. The lowest BCUT2D eigenvalue weighted by Gasteiger charge is -2.24. The average molecular weight is 228 g/mol. The quantitative estimate of drug-likeness (QED) is 0.655. The van der Waals surface area contributed by atoms with Crippen molar-refractivity contribution >= 4 is 6.03 Å². The fourth-order valence-corrected chi connectivity index (χ4v) is 1.13. The first-order valence-corrected chi connectivity index (χ1v) is 5.65. The summed E-state index contributed by atoms with van der Waals surface area (Å²) in [5.74, 6) is 0. The Morgan fingerprint density at radius 3 is 2.62 bits per heavy atom. The predicted molar refractivity (Wildman–Crippen MR) is 66.5 cm³/mol. The van der Waals surface area contributed by atoms with Crippen molar-refractivity contribution in [3.8, 4) is 0 Å². The van der Waals surface area contributed by atoms with E-state index in [1.54, 1.807) is 7.11 Å². The maximum absolute atomic E-state index is 11.5. The molecule has 0 rings (SSSR count). The second-order valence-corrected chi connectivity index (χ2v) is 4.42. The Morgan fingerprint density at radius 1 is 1.56 bits per heavy atom. The summed E-state index contributed by atoms with van der Waals surface area (Å²) >= 11 is 0. The van der Waals surface area contributed by atoms with Gasteiger partial charge in [0.1, 0.15) is 0 Å². The first-order valence-electron chi connectivity index (χ1n) is 5.65. The molecule has 0 aromatic carbocycles. The molecule has 0 bridgehead atoms. The zero-order valence-corrected chi connectivity index (χ0v) is 10.8. The normalized spacial score (nSPS) is 13.0. The topological polar surface area (TPSA) is 50.4 Å². The van der Waals surface area contributed by atoms with Crippen LogP contribution in [0.25, 0.3) is 0 Å². The largest absolute Gasteiger partial charge is 0.377 e. The van der Waals surface area contributed by atoms with Crippen LogP contribution in [0, 0.1) is 0 Å². The molecule has 0 saturated heterocycles. The Bertz CT molecular complexity index is 227. The van der Waals surface area contributed by atoms with Gasteiger partial charge in [-0.1, -0.05) is 13.0 Å². The summed E-state index contributed by atoms with van der Waals surface area (Å²) in [6.45, 7) is 10.0. The van der Waals surface area contributed by atoms with Gasteiger partial charge in [-0.2, -0.15) is 0 Å². The van der Waals surface area contributed by atoms with Crippen LogP contribution in [0.1, 0.15) is 33.6 Å². The van der Waals surface area contributed by atoms with Gasteiger partial charge in [-0.15, -0.1) is 6.58 Å². The Balaban J connectivity index is 3.93. The highest BCUT2D eigenvalue weighted by Gasteiger charge is 2.17. The summed E-state index contributed by atoms with van der Waals surface area (Å²) < 4.78 is 5.21. The number of methoxy groups -OCH3 is 1. The highest BCUT2D eigenvalue weighted by Crippen LogP contribution is 2.04. The molecule has 94 valence electrons. The fourth-order valence-electron chi connectivity index (χ4n) is 1.13. The lowest BCUT2D eigenvalue weighted by Crippen LogP contribution is -2.47. The number of hydrogen-bond donors (Lipinski definition) is 2. The van der Waals surface area contributed by atoms with Crippen LogP contribution in [-0.2, 0) is 4.74 Å². The van der Waals surface area contributed by atoms with Crippen LogP contribution in [0.5, 0.6) is 0 Å². The number of amides is 2. The molecule has 0 aliphatic carbocycles. The molecule has 0 aromatic heterocycles. The lowest BCUT2D eigenvalue weighted by atomic mass is 10.1. The monoisotopic (exact) mass is 228 g/mol. The highest BCUT2D eigenvalue weighted by molar-refractivity contribution is 5.74. The van der Waals surface area contributed by atoms with Gasteiger partial charge in [0.15, 0.2) is 0 Å². The standard InChI is InChI=1S/C12H24N2O2/c1-6-8-10(7-2)14-11(15)13-9-12(3,4)16-5/h6,10H,1,7-9H2,2-5H3,(H2,13,14,15). The van der Waals surface area contributed by atoms with Crippen molar-refractivity contribution in [2.75, 3.05) is 13.7 Å². The molecule has 0 aromatic rings. The summed E-state index contributed by atoms with van der Waals surface area (Å²) in [7, 11) is 1.63. The van der Waals surface area contributed by atoms with E-state index in [1.165, 1.54) is 0 Å². The van der Waals surface area contributed by atoms with Crippen molar-refractivity contribution in [1.82, 2.24) is 10.6 Å². The van der Waals surface area contributed by atoms with Crippen molar-refractivity contribution in [2.24, 2.45) is 0 Å². The Morgan fingerprint density at radius 2 is 2.19 bits per heavy atom. The van der Waals surface area contributed by atoms with Gasteiger partial charge in [-0.25, -0.2) is 4.79 Å². The Labute approximate surface area is 98.4 Å². The van der Waals surface area contributed by atoms with E-state index in [-0.39, 0.29) is 17.7 Å². The SMILES string of the molecule is C=CCC(CC)NC(=O)NCC(C)(C)OC. The van der Waals surface area contributed by atoms with E-state index >= 15 is 0 Å². The first-order chi connectivity index (χ1) is 7.45. The van der Waals surface area contributed by atoms with Gasteiger partial charge in [0.2, 0.25) is 0 Å². The minimum Gasteiger partial charge on any atom is -0.377 e. The third kappa shape index (κ3) is 6.45. The van der Waals surface area contributed by atoms with Gasteiger partial charge in [-0.3, -0.25) is 0 Å². The first kappa shape index (κ1) is 15.0. The van der Waals surface area contributed by atoms with Gasteiger partial charge in [0.25, 0.3) is 0 Å². The summed E-state index contributed by atoms with van der Waals surface area (Å²) in [6, 6.07) is 0.00184. The summed E-state index contributed by atoms with van der Waals surface area (Å²) in [4.78, 5) is 11.5. The number of urea groups is 1. The van der Waals surface area contributed by atoms with Gasteiger partial charge in [0.05, 0.1) is 5.60 Å². The second-order valence-electron chi connectivity index (χ2n) is 4.42. The minimum absolute atomic E-state index is 0.154. The summed E-state index contributed by atoms with van der Waals surface area (Å²) in [5.41, 5.74) is -0.336. The maximum atomic E-state index is 11.5. The molecule has 0 aliphatic rings. The van der Waals surface area contributed by atoms with Crippen LogP contribution in [0.4, 0.5) is 4.79 Å². The van der Waals surface area contributed by atoms with E-state index in [0.29, 0.717) is 6.54 Å². The van der Waals surface area contributed by atoms with Crippen molar-refractivity contribution in [3.63, 3.8) is 0 Å². The van der Waals surface area contributed by atoms with Gasteiger partial charge in [-0.05, 0) is 26.7 Å². The lowest BCUT2D eigenvalue weighted by molar-refractivity contribution is 0.0253. The molecular weight excluding hydrogens is 204 g/mol. The van der Waals surface area contributed by atoms with E-state index < -0.39 is 0 Å². The van der Waals surface area contributed by atoms with Crippen LogP contribution < -0.4 is 10.6 Å². The zero-order chi connectivity index (χ0) is 12.6. The molecule has 0 radical (unpaired) electrons. The third-order valence-corrected chi connectivity index (χ3v) is 2.51. The van der Waals surface area contributed by atoms with Crippen LogP contribution in [-0.4, -0.2) is 31.3 Å². The van der Waals surface area contributed by atoms with E-state index in [4.69, 9.17) is 4.74 Å². The highest BCUT2D eigenvalue weighted by atomic mass is 16.5. The molecule has 1 atom stereocenters. The number of rotatable bonds is 7. The Hall–Kier alpha value is -1.03. The maximum Gasteiger partial charge on any atom is 0.315 e. The van der Waals surface area contributed by atoms with E-state index in [2.05, 4.69) is 17.2 Å². The molecule has 0 fully saturated rings. The van der Waals surface area contributed by atoms with Gasteiger partial charge < -0.3 is 15.4 Å². The van der Waals surface area contributed by atoms with Gasteiger partial charge in [0, 0.05) is 19.7 Å². The molecule has 0 aliphatic heterocycles. The van der Waals surface area contributed by atoms with Gasteiger partial charge >= 0.3 is 6.03 Å². The van der Waals surface area contributed by atoms with Crippen molar-refractivity contribution < 1.29 is 9.53 Å². The zero-order valence-electron chi connectivity index (χ0n) is 10.8. The Kier molecular flexibility index (Phi) is 6.81.